The normalized spacial score (nSPS) is 26.5. The molecule has 2 rings (SSSR count). The summed E-state index contributed by atoms with van der Waals surface area (Å²) < 4.78 is 6.11. The molecule has 0 radical (unpaired) electrons. The highest BCUT2D eigenvalue weighted by Crippen LogP contribution is 2.43. The quantitative estimate of drug-likeness (QED) is 0.724. The Morgan fingerprint density at radius 2 is 2.00 bits per heavy atom. The molecule has 0 aromatic carbocycles. The van der Waals surface area contributed by atoms with E-state index in [1.165, 1.54) is 19.8 Å². The van der Waals surface area contributed by atoms with Gasteiger partial charge in [0.05, 0.1) is 11.7 Å². The largest absolute Gasteiger partial charge is 0.480 e. The highest BCUT2D eigenvalue weighted by Gasteiger charge is 2.42. The average molecular weight is 298 g/mol. The van der Waals surface area contributed by atoms with Gasteiger partial charge in [0.1, 0.15) is 5.54 Å². The van der Waals surface area contributed by atoms with E-state index in [1.807, 2.05) is 0 Å². The van der Waals surface area contributed by atoms with Gasteiger partial charge in [-0.1, -0.05) is 19.8 Å². The van der Waals surface area contributed by atoms with Crippen molar-refractivity contribution in [3.05, 3.63) is 0 Å². The van der Waals surface area contributed by atoms with E-state index in [0.717, 1.165) is 25.7 Å². The Morgan fingerprint density at radius 1 is 1.33 bits per heavy atom. The van der Waals surface area contributed by atoms with Crippen molar-refractivity contribution in [2.45, 2.75) is 76.0 Å². The zero-order valence-corrected chi connectivity index (χ0v) is 12.9. The summed E-state index contributed by atoms with van der Waals surface area (Å²) in [7, 11) is 0. The summed E-state index contributed by atoms with van der Waals surface area (Å²) in [4.78, 5) is 23.0. The van der Waals surface area contributed by atoms with Crippen molar-refractivity contribution in [2.75, 3.05) is 6.54 Å². The second-order valence-electron chi connectivity index (χ2n) is 6.49. The molecule has 1 saturated heterocycles. The highest BCUT2D eigenvalue weighted by atomic mass is 16.5. The Kier molecular flexibility index (Phi) is 4.76. The second kappa shape index (κ2) is 6.22. The predicted octanol–water partition coefficient (Wildman–Crippen LogP) is 2.03. The van der Waals surface area contributed by atoms with Crippen molar-refractivity contribution >= 4 is 12.0 Å². The highest BCUT2D eigenvalue weighted by molar-refractivity contribution is 5.85. The zero-order valence-electron chi connectivity index (χ0n) is 12.9. The molecule has 2 unspecified atom stereocenters. The van der Waals surface area contributed by atoms with Crippen molar-refractivity contribution in [3.63, 3.8) is 0 Å². The van der Waals surface area contributed by atoms with Gasteiger partial charge in [0.25, 0.3) is 0 Å². The number of carbonyl (C=O) groups excluding carboxylic acids is 1. The van der Waals surface area contributed by atoms with Gasteiger partial charge in [-0.15, -0.1) is 0 Å². The lowest BCUT2D eigenvalue weighted by Crippen LogP contribution is -2.55. The molecule has 3 N–H and O–H groups in total. The number of hydrogen-bond acceptors (Lipinski definition) is 3. The van der Waals surface area contributed by atoms with Crippen LogP contribution in [0.4, 0.5) is 4.79 Å². The summed E-state index contributed by atoms with van der Waals surface area (Å²) in [6, 6.07) is -0.447. The molecule has 2 aliphatic rings. The van der Waals surface area contributed by atoms with E-state index in [2.05, 4.69) is 10.6 Å². The second-order valence-corrected chi connectivity index (χ2v) is 6.49. The summed E-state index contributed by atoms with van der Waals surface area (Å²) in [5.74, 6) is -1.03. The Balaban J connectivity index is 1.76. The maximum absolute atomic E-state index is 11.9. The lowest BCUT2D eigenvalue weighted by Gasteiger charge is -2.26. The minimum Gasteiger partial charge on any atom is -0.480 e. The van der Waals surface area contributed by atoms with Crippen LogP contribution < -0.4 is 10.6 Å². The number of aliphatic carboxylic acids is 1. The number of carboxylic acids is 1. The Bertz CT molecular complexity index is 406. The molecule has 21 heavy (non-hydrogen) atoms. The fraction of sp³-hybridized carbons (Fsp3) is 0.867. The van der Waals surface area contributed by atoms with Crippen molar-refractivity contribution in [1.29, 1.82) is 0 Å². The van der Waals surface area contributed by atoms with Gasteiger partial charge in [-0.05, 0) is 39.0 Å². The van der Waals surface area contributed by atoms with Crippen LogP contribution in [0.3, 0.4) is 0 Å². The number of amides is 2. The Morgan fingerprint density at radius 3 is 2.57 bits per heavy atom. The van der Waals surface area contributed by atoms with Crippen LogP contribution >= 0.6 is 0 Å². The van der Waals surface area contributed by atoms with Gasteiger partial charge in [-0.2, -0.15) is 0 Å². The third-order valence-electron chi connectivity index (χ3n) is 4.91. The van der Waals surface area contributed by atoms with Gasteiger partial charge in [0, 0.05) is 6.54 Å². The van der Waals surface area contributed by atoms with Crippen LogP contribution in [0.15, 0.2) is 0 Å². The van der Waals surface area contributed by atoms with Crippen LogP contribution in [0.2, 0.25) is 0 Å². The van der Waals surface area contributed by atoms with E-state index >= 15 is 0 Å². The summed E-state index contributed by atoms with van der Waals surface area (Å²) in [5, 5.41) is 14.4. The molecular weight excluding hydrogens is 272 g/mol. The lowest BCUT2D eigenvalue weighted by molar-refractivity contribution is -0.143. The molecule has 2 amide bonds. The summed E-state index contributed by atoms with van der Waals surface area (Å²) in [6.07, 6.45) is 7.13. The van der Waals surface area contributed by atoms with Gasteiger partial charge in [0.2, 0.25) is 0 Å². The van der Waals surface area contributed by atoms with E-state index in [9.17, 15) is 9.59 Å². The van der Waals surface area contributed by atoms with Gasteiger partial charge < -0.3 is 20.5 Å². The van der Waals surface area contributed by atoms with Gasteiger partial charge in [-0.3, -0.25) is 0 Å². The first kappa shape index (κ1) is 16.1. The molecule has 1 spiro atoms. The number of carbonyl (C=O) groups is 2. The van der Waals surface area contributed by atoms with Crippen molar-refractivity contribution < 1.29 is 19.4 Å². The fourth-order valence-corrected chi connectivity index (χ4v) is 3.22. The van der Waals surface area contributed by atoms with Gasteiger partial charge >= 0.3 is 12.0 Å². The Labute approximate surface area is 125 Å². The first-order valence-corrected chi connectivity index (χ1v) is 7.86. The van der Waals surface area contributed by atoms with Crippen LogP contribution in [0.25, 0.3) is 0 Å². The van der Waals surface area contributed by atoms with Crippen molar-refractivity contribution in [3.8, 4) is 0 Å². The van der Waals surface area contributed by atoms with Crippen LogP contribution in [0, 0.1) is 0 Å². The molecule has 1 aliphatic heterocycles. The summed E-state index contributed by atoms with van der Waals surface area (Å²) in [5.41, 5.74) is -1.17. The molecule has 1 saturated carbocycles. The molecular formula is C15H26N2O4. The van der Waals surface area contributed by atoms with Crippen LogP contribution in [-0.4, -0.2) is 40.9 Å². The van der Waals surface area contributed by atoms with Crippen molar-refractivity contribution in [2.24, 2.45) is 0 Å². The Hall–Kier alpha value is -1.30. The number of ether oxygens (including phenoxy) is 1. The molecule has 1 heterocycles. The average Bonchev–Trinajstić information content (AvgIpc) is 3.07. The topological polar surface area (TPSA) is 87.7 Å². The molecule has 0 bridgehead atoms. The lowest BCUT2D eigenvalue weighted by atomic mass is 9.98. The molecule has 6 heteroatoms. The van der Waals surface area contributed by atoms with Crippen LogP contribution in [0.1, 0.15) is 58.8 Å². The number of nitrogens with one attached hydrogen (secondary N) is 2. The minimum atomic E-state index is -1.23. The summed E-state index contributed by atoms with van der Waals surface area (Å²) in [6.45, 7) is 3.68. The minimum absolute atomic E-state index is 0.0477. The maximum atomic E-state index is 11.9. The molecule has 120 valence electrons. The molecule has 0 aromatic heterocycles. The first-order chi connectivity index (χ1) is 9.89. The number of hydrogen-bond donors (Lipinski definition) is 3. The first-order valence-electron chi connectivity index (χ1n) is 7.86. The van der Waals surface area contributed by atoms with Crippen LogP contribution in [0.5, 0.6) is 0 Å². The fourth-order valence-electron chi connectivity index (χ4n) is 3.22. The number of rotatable bonds is 5. The third-order valence-corrected chi connectivity index (χ3v) is 4.91. The van der Waals surface area contributed by atoms with Gasteiger partial charge in [0.15, 0.2) is 0 Å². The van der Waals surface area contributed by atoms with E-state index in [4.69, 9.17) is 9.84 Å². The van der Waals surface area contributed by atoms with E-state index in [-0.39, 0.29) is 11.7 Å². The van der Waals surface area contributed by atoms with Crippen LogP contribution in [-0.2, 0) is 9.53 Å². The number of urea groups is 1. The van der Waals surface area contributed by atoms with E-state index in [1.54, 1.807) is 6.92 Å². The number of carboxylic acid groups (broad SMARTS) is 1. The molecule has 6 nitrogen and oxygen atoms in total. The monoisotopic (exact) mass is 298 g/mol. The maximum Gasteiger partial charge on any atom is 0.329 e. The van der Waals surface area contributed by atoms with E-state index < -0.39 is 17.5 Å². The van der Waals surface area contributed by atoms with Gasteiger partial charge in [-0.25, -0.2) is 9.59 Å². The molecule has 0 aromatic rings. The molecule has 2 fully saturated rings. The van der Waals surface area contributed by atoms with Crippen molar-refractivity contribution in [1.82, 2.24) is 10.6 Å². The summed E-state index contributed by atoms with van der Waals surface area (Å²) >= 11 is 0. The SMILES string of the molecule is CCC(C)(NC(=O)NCC1CCC2(CCCC2)O1)C(=O)O. The zero-order chi connectivity index (χ0) is 15.5. The van der Waals surface area contributed by atoms with E-state index in [0.29, 0.717) is 13.0 Å². The molecule has 1 aliphatic carbocycles. The smallest absolute Gasteiger partial charge is 0.329 e. The molecule has 2 atom stereocenters. The third kappa shape index (κ3) is 3.67. The predicted molar refractivity (Wildman–Crippen MR) is 78.2 cm³/mol. The standard InChI is InChI=1S/C15H26N2O4/c1-3-14(2,12(18)19)17-13(20)16-10-11-6-9-15(21-11)7-4-5-8-15/h11H,3-10H2,1-2H3,(H,18,19)(H2,16,17,20).